The minimum absolute atomic E-state index is 0.0228. The number of aromatic amines is 1. The van der Waals surface area contributed by atoms with Crippen molar-refractivity contribution in [3.8, 4) is 0 Å². The molecule has 1 aromatic rings. The van der Waals surface area contributed by atoms with Gasteiger partial charge in [-0.2, -0.15) is 0 Å². The maximum Gasteiger partial charge on any atom is 0.236 e. The Morgan fingerprint density at radius 2 is 1.00 bits per heavy atom. The lowest BCUT2D eigenvalue weighted by Crippen LogP contribution is -2.43. The van der Waals surface area contributed by atoms with Gasteiger partial charge < -0.3 is 14.8 Å². The Bertz CT molecular complexity index is 808. The number of amides is 2. The van der Waals surface area contributed by atoms with Crippen molar-refractivity contribution in [2.45, 2.75) is 70.9 Å². The van der Waals surface area contributed by atoms with Crippen molar-refractivity contribution in [3.63, 3.8) is 0 Å². The molecule has 4 rings (SSSR count). The summed E-state index contributed by atoms with van der Waals surface area (Å²) in [6.07, 6.45) is 9.87. The molecule has 3 aliphatic heterocycles. The third-order valence-electron chi connectivity index (χ3n) is 7.33. The number of likely N-dealkylation sites (tertiary alicyclic amines) is 2. The van der Waals surface area contributed by atoms with E-state index in [-0.39, 0.29) is 17.2 Å². The number of H-pyrrole nitrogens is 1. The van der Waals surface area contributed by atoms with E-state index < -0.39 is 0 Å². The van der Waals surface area contributed by atoms with Gasteiger partial charge in [0.05, 0.1) is 13.1 Å². The van der Waals surface area contributed by atoms with Crippen molar-refractivity contribution in [1.82, 2.24) is 24.6 Å². The van der Waals surface area contributed by atoms with Crippen molar-refractivity contribution >= 4 is 11.8 Å². The Kier molecular flexibility index (Phi) is 9.16. The molecule has 3 aliphatic rings. The molecule has 0 saturated carbocycles. The quantitative estimate of drug-likeness (QED) is 0.728. The number of nitrogens with zero attached hydrogens (tertiary/aromatic N) is 4. The summed E-state index contributed by atoms with van der Waals surface area (Å²) in [7, 11) is 0. The first kappa shape index (κ1) is 24.9. The second kappa shape index (κ2) is 12.5. The normalized spacial score (nSPS) is 21.5. The van der Waals surface area contributed by atoms with Gasteiger partial charge in [-0.15, -0.1) is 0 Å². The third kappa shape index (κ3) is 7.40. The summed E-state index contributed by atoms with van der Waals surface area (Å²) < 4.78 is 0. The van der Waals surface area contributed by atoms with Gasteiger partial charge in [-0.05, 0) is 64.5 Å². The number of hydrogen-bond donors (Lipinski definition) is 1. The second-order valence-corrected chi connectivity index (χ2v) is 10.2. The highest BCUT2D eigenvalue weighted by Gasteiger charge is 2.22. The van der Waals surface area contributed by atoms with Crippen molar-refractivity contribution in [2.75, 3.05) is 52.4 Å². The second-order valence-electron chi connectivity index (χ2n) is 10.2. The molecule has 2 fully saturated rings. The molecule has 34 heavy (non-hydrogen) atoms. The number of carbonyl (C=O) groups excluding carboxylic acids is 2. The summed E-state index contributed by atoms with van der Waals surface area (Å²) in [5, 5.41) is 0. The first-order valence-corrected chi connectivity index (χ1v) is 13.3. The van der Waals surface area contributed by atoms with Gasteiger partial charge in [-0.25, -0.2) is 0 Å². The van der Waals surface area contributed by atoms with Crippen LogP contribution in [0.3, 0.4) is 0 Å². The van der Waals surface area contributed by atoms with E-state index in [1.807, 2.05) is 9.80 Å². The minimum Gasteiger partial charge on any atom is -0.360 e. The smallest absolute Gasteiger partial charge is 0.236 e. The van der Waals surface area contributed by atoms with Crippen LogP contribution in [0, 0.1) is 0 Å². The molecule has 0 aromatic carbocycles. The highest BCUT2D eigenvalue weighted by molar-refractivity contribution is 5.78. The molecule has 2 amide bonds. The van der Waals surface area contributed by atoms with Crippen LogP contribution in [0.4, 0.5) is 0 Å². The molecule has 188 valence electrons. The first-order valence-electron chi connectivity index (χ1n) is 13.3. The first-order chi connectivity index (χ1) is 16.6. The lowest BCUT2D eigenvalue weighted by atomic mass is 10.1. The number of piperidine rings is 2. The standard InChI is InChI=1S/C26H41N5O3/c32-24-16-22-18-28(20-25(33)30-12-6-2-7-13-30)10-4-1-5-11-29(19-23(17-24)27-22)21-26(34)31-14-8-3-9-15-31/h16-17H,1-15,18-21H2,(H,27,32). The summed E-state index contributed by atoms with van der Waals surface area (Å²) in [6.45, 7) is 7.07. The molecule has 0 atom stereocenters. The van der Waals surface area contributed by atoms with Crippen LogP contribution in [0.2, 0.25) is 0 Å². The Morgan fingerprint density at radius 1 is 0.618 bits per heavy atom. The summed E-state index contributed by atoms with van der Waals surface area (Å²) in [5.41, 5.74) is 1.67. The van der Waals surface area contributed by atoms with E-state index in [1.54, 1.807) is 12.1 Å². The maximum atomic E-state index is 12.9. The number of pyridine rings is 1. The minimum atomic E-state index is -0.0228. The van der Waals surface area contributed by atoms with Crippen LogP contribution in [-0.2, 0) is 22.7 Å². The number of aromatic nitrogens is 1. The molecular weight excluding hydrogens is 430 g/mol. The van der Waals surface area contributed by atoms with Crippen LogP contribution in [0.5, 0.6) is 0 Å². The van der Waals surface area contributed by atoms with E-state index in [2.05, 4.69) is 14.8 Å². The molecule has 0 radical (unpaired) electrons. The fourth-order valence-electron chi connectivity index (χ4n) is 5.46. The number of fused-ring (bicyclic) bond motifs is 2. The molecule has 0 spiro atoms. The molecule has 8 nitrogen and oxygen atoms in total. The fourth-order valence-corrected chi connectivity index (χ4v) is 5.46. The van der Waals surface area contributed by atoms with E-state index in [9.17, 15) is 14.4 Å². The molecule has 8 heteroatoms. The monoisotopic (exact) mass is 471 g/mol. The lowest BCUT2D eigenvalue weighted by Gasteiger charge is -2.31. The number of carbonyl (C=O) groups is 2. The van der Waals surface area contributed by atoms with Crippen LogP contribution in [0.15, 0.2) is 16.9 Å². The van der Waals surface area contributed by atoms with Crippen molar-refractivity contribution in [3.05, 3.63) is 33.7 Å². The average Bonchev–Trinajstić information content (AvgIpc) is 2.83. The van der Waals surface area contributed by atoms with Gasteiger partial charge in [0, 0.05) is 62.8 Å². The summed E-state index contributed by atoms with van der Waals surface area (Å²) >= 11 is 0. The third-order valence-corrected chi connectivity index (χ3v) is 7.33. The number of hydrogen-bond acceptors (Lipinski definition) is 5. The van der Waals surface area contributed by atoms with E-state index in [1.165, 1.54) is 12.8 Å². The van der Waals surface area contributed by atoms with Gasteiger partial charge >= 0.3 is 0 Å². The number of nitrogens with one attached hydrogen (secondary N) is 1. The van der Waals surface area contributed by atoms with Crippen LogP contribution in [0.25, 0.3) is 0 Å². The highest BCUT2D eigenvalue weighted by Crippen LogP contribution is 2.14. The van der Waals surface area contributed by atoms with Crippen molar-refractivity contribution in [2.24, 2.45) is 0 Å². The van der Waals surface area contributed by atoms with Crippen LogP contribution >= 0.6 is 0 Å². The lowest BCUT2D eigenvalue weighted by molar-refractivity contribution is -0.134. The average molecular weight is 472 g/mol. The van der Waals surface area contributed by atoms with Gasteiger partial charge in [0.15, 0.2) is 5.43 Å². The molecule has 4 heterocycles. The van der Waals surface area contributed by atoms with Gasteiger partial charge in [0.2, 0.25) is 11.8 Å². The van der Waals surface area contributed by atoms with Gasteiger partial charge in [0.25, 0.3) is 0 Å². The van der Waals surface area contributed by atoms with Gasteiger partial charge in [-0.1, -0.05) is 6.42 Å². The zero-order valence-electron chi connectivity index (χ0n) is 20.6. The van der Waals surface area contributed by atoms with E-state index >= 15 is 0 Å². The van der Waals surface area contributed by atoms with E-state index in [0.29, 0.717) is 26.2 Å². The van der Waals surface area contributed by atoms with Gasteiger partial charge in [-0.3, -0.25) is 24.2 Å². The molecule has 1 N–H and O–H groups in total. The highest BCUT2D eigenvalue weighted by atomic mass is 16.2. The predicted octanol–water partition coefficient (Wildman–Crippen LogP) is 2.19. The molecular formula is C26H41N5O3. The fraction of sp³-hybridized carbons (Fsp3) is 0.731. The largest absolute Gasteiger partial charge is 0.360 e. The molecule has 2 saturated heterocycles. The van der Waals surface area contributed by atoms with Crippen molar-refractivity contribution in [1.29, 1.82) is 0 Å². The van der Waals surface area contributed by atoms with Crippen LogP contribution in [0.1, 0.15) is 69.2 Å². The topological polar surface area (TPSA) is 80.0 Å². The number of rotatable bonds is 4. The summed E-state index contributed by atoms with van der Waals surface area (Å²) in [6, 6.07) is 3.30. The zero-order chi connectivity index (χ0) is 23.8. The summed E-state index contributed by atoms with van der Waals surface area (Å²) in [5.74, 6) is 0.403. The molecule has 0 unspecified atom stereocenters. The Morgan fingerprint density at radius 3 is 1.41 bits per heavy atom. The molecule has 1 aromatic heterocycles. The summed E-state index contributed by atoms with van der Waals surface area (Å²) in [4.78, 5) is 50.0. The maximum absolute atomic E-state index is 12.9. The van der Waals surface area contributed by atoms with Crippen LogP contribution < -0.4 is 5.43 Å². The predicted molar refractivity (Wildman–Crippen MR) is 132 cm³/mol. The molecule has 2 bridgehead atoms. The van der Waals surface area contributed by atoms with Gasteiger partial charge in [0.1, 0.15) is 0 Å². The zero-order valence-corrected chi connectivity index (χ0v) is 20.6. The SMILES string of the molecule is O=C(CN1CCCCCN(CC(=O)N2CCCCC2)Cc2cc(=O)cc([nH]2)C1)N1CCCCC1. The molecule has 0 aliphatic carbocycles. The Labute approximate surface area is 203 Å². The van der Waals surface area contributed by atoms with Crippen LogP contribution in [-0.4, -0.2) is 88.8 Å². The van der Waals surface area contributed by atoms with Crippen molar-refractivity contribution < 1.29 is 9.59 Å². The van der Waals surface area contributed by atoms with E-state index in [0.717, 1.165) is 95.6 Å². The van der Waals surface area contributed by atoms with E-state index in [4.69, 9.17) is 0 Å². The Hall–Kier alpha value is -2.19. The Balaban J connectivity index is 1.43.